The summed E-state index contributed by atoms with van der Waals surface area (Å²) >= 11 is 0. The second-order valence-electron chi connectivity index (χ2n) is 8.14. The number of carbonyl (C=O) groups excluding carboxylic acids is 1. The van der Waals surface area contributed by atoms with E-state index in [9.17, 15) is 9.18 Å². The van der Waals surface area contributed by atoms with Crippen LogP contribution in [0.4, 0.5) is 4.39 Å². The Labute approximate surface area is 167 Å². The highest BCUT2D eigenvalue weighted by atomic mass is 19.1. The van der Waals surface area contributed by atoms with Crippen LogP contribution in [-0.2, 0) is 11.3 Å². The average Bonchev–Trinajstić information content (AvgIpc) is 2.67. The van der Waals surface area contributed by atoms with Crippen molar-refractivity contribution in [1.29, 1.82) is 0 Å². The van der Waals surface area contributed by atoms with Crippen LogP contribution in [0.1, 0.15) is 50.4 Å². The number of amides is 1. The first kappa shape index (κ1) is 20.5. The van der Waals surface area contributed by atoms with Gasteiger partial charge in [0.1, 0.15) is 5.82 Å². The van der Waals surface area contributed by atoms with Crippen LogP contribution < -0.4 is 5.32 Å². The van der Waals surface area contributed by atoms with Crippen molar-refractivity contribution in [2.45, 2.75) is 45.7 Å². The second-order valence-corrected chi connectivity index (χ2v) is 8.14. The van der Waals surface area contributed by atoms with Gasteiger partial charge in [0.05, 0.1) is 11.7 Å². The molecule has 1 saturated heterocycles. The third-order valence-electron chi connectivity index (χ3n) is 5.32. The topological polar surface area (TPSA) is 45.2 Å². The smallest absolute Gasteiger partial charge is 0.220 e. The van der Waals surface area contributed by atoms with E-state index in [1.54, 1.807) is 18.3 Å². The summed E-state index contributed by atoms with van der Waals surface area (Å²) in [7, 11) is 0. The normalized spacial score (nSPS) is 16.9. The largest absolute Gasteiger partial charge is 0.347 e. The zero-order chi connectivity index (χ0) is 19.9. The number of nitrogens with zero attached hydrogens (tertiary/aromatic N) is 2. The molecule has 1 fully saturated rings. The van der Waals surface area contributed by atoms with Crippen LogP contribution in [0, 0.1) is 17.7 Å². The van der Waals surface area contributed by atoms with E-state index in [2.05, 4.69) is 29.0 Å². The number of carbonyl (C=O) groups is 1. The van der Waals surface area contributed by atoms with Gasteiger partial charge in [-0.1, -0.05) is 32.0 Å². The molecule has 0 unspecified atom stereocenters. The monoisotopic (exact) mass is 383 g/mol. The summed E-state index contributed by atoms with van der Waals surface area (Å²) in [6.45, 7) is 6.74. The van der Waals surface area contributed by atoms with Crippen LogP contribution >= 0.6 is 0 Å². The molecule has 0 saturated carbocycles. The number of aromatic nitrogens is 1. The lowest BCUT2D eigenvalue weighted by Crippen LogP contribution is -2.41. The number of pyridine rings is 1. The molecule has 0 spiro atoms. The van der Waals surface area contributed by atoms with E-state index in [-0.39, 0.29) is 17.8 Å². The zero-order valence-corrected chi connectivity index (χ0v) is 16.8. The number of benzene rings is 1. The van der Waals surface area contributed by atoms with Gasteiger partial charge in [-0.3, -0.25) is 14.7 Å². The van der Waals surface area contributed by atoms with E-state index in [0.717, 1.165) is 43.7 Å². The highest BCUT2D eigenvalue weighted by molar-refractivity contribution is 5.76. The number of rotatable bonds is 7. The van der Waals surface area contributed by atoms with Crippen LogP contribution in [0.15, 0.2) is 48.7 Å². The van der Waals surface area contributed by atoms with Crippen molar-refractivity contribution >= 4 is 5.91 Å². The van der Waals surface area contributed by atoms with Crippen molar-refractivity contribution in [3.8, 4) is 0 Å². The Balaban J connectivity index is 1.63. The average molecular weight is 384 g/mol. The van der Waals surface area contributed by atoms with Crippen LogP contribution in [-0.4, -0.2) is 28.9 Å². The fourth-order valence-corrected chi connectivity index (χ4v) is 3.93. The van der Waals surface area contributed by atoms with Gasteiger partial charge < -0.3 is 5.32 Å². The molecular weight excluding hydrogens is 353 g/mol. The van der Waals surface area contributed by atoms with Crippen molar-refractivity contribution in [2.75, 3.05) is 13.1 Å². The molecule has 1 aromatic heterocycles. The number of halogens is 1. The molecule has 1 amide bonds. The lowest BCUT2D eigenvalue weighted by Gasteiger charge is -2.36. The molecule has 2 aromatic rings. The molecule has 1 aromatic carbocycles. The van der Waals surface area contributed by atoms with Gasteiger partial charge in [0.25, 0.3) is 0 Å². The van der Waals surface area contributed by atoms with Crippen LogP contribution in [0.25, 0.3) is 0 Å². The Kier molecular flexibility index (Phi) is 7.15. The van der Waals surface area contributed by atoms with Gasteiger partial charge in [-0.25, -0.2) is 4.39 Å². The third-order valence-corrected chi connectivity index (χ3v) is 5.32. The van der Waals surface area contributed by atoms with Gasteiger partial charge in [-0.05, 0) is 67.6 Å². The SMILES string of the molecule is CC(C)CC(=O)N[C@@H](c1ccccn1)C1CCN(Cc2cccc(F)c2)CC1. The molecule has 0 radical (unpaired) electrons. The Morgan fingerprint density at radius 3 is 2.64 bits per heavy atom. The summed E-state index contributed by atoms with van der Waals surface area (Å²) in [4.78, 5) is 19.3. The molecule has 0 bridgehead atoms. The lowest BCUT2D eigenvalue weighted by molar-refractivity contribution is -0.123. The summed E-state index contributed by atoms with van der Waals surface area (Å²) in [5.74, 6) is 0.593. The van der Waals surface area contributed by atoms with Crippen LogP contribution in [0.3, 0.4) is 0 Å². The van der Waals surface area contributed by atoms with Gasteiger partial charge in [0.2, 0.25) is 5.91 Å². The van der Waals surface area contributed by atoms with Crippen molar-refractivity contribution in [2.24, 2.45) is 11.8 Å². The molecule has 5 heteroatoms. The van der Waals surface area contributed by atoms with E-state index < -0.39 is 0 Å². The Morgan fingerprint density at radius 1 is 1.21 bits per heavy atom. The van der Waals surface area contributed by atoms with Crippen molar-refractivity contribution in [3.05, 3.63) is 65.7 Å². The first-order valence-corrected chi connectivity index (χ1v) is 10.2. The van der Waals surface area contributed by atoms with E-state index in [0.29, 0.717) is 18.3 Å². The Bertz CT molecular complexity index is 757. The maximum absolute atomic E-state index is 13.4. The second kappa shape index (κ2) is 9.78. The summed E-state index contributed by atoms with van der Waals surface area (Å²) in [6, 6.07) is 12.6. The summed E-state index contributed by atoms with van der Waals surface area (Å²) in [6.07, 6.45) is 4.29. The first-order valence-electron chi connectivity index (χ1n) is 10.2. The highest BCUT2D eigenvalue weighted by Crippen LogP contribution is 2.30. The molecule has 3 rings (SSSR count). The summed E-state index contributed by atoms with van der Waals surface area (Å²) in [5, 5.41) is 3.24. The van der Waals surface area contributed by atoms with Crippen LogP contribution in [0.2, 0.25) is 0 Å². The van der Waals surface area contributed by atoms with Gasteiger partial charge in [0, 0.05) is 19.2 Å². The molecule has 150 valence electrons. The van der Waals surface area contributed by atoms with Gasteiger partial charge in [-0.15, -0.1) is 0 Å². The lowest BCUT2D eigenvalue weighted by atomic mass is 9.87. The van der Waals surface area contributed by atoms with Gasteiger partial charge in [-0.2, -0.15) is 0 Å². The summed E-state index contributed by atoms with van der Waals surface area (Å²) < 4.78 is 13.4. The number of likely N-dealkylation sites (tertiary alicyclic amines) is 1. The molecule has 1 N–H and O–H groups in total. The van der Waals surface area contributed by atoms with E-state index in [1.165, 1.54) is 6.07 Å². The molecule has 1 atom stereocenters. The van der Waals surface area contributed by atoms with Crippen molar-refractivity contribution < 1.29 is 9.18 Å². The fourth-order valence-electron chi connectivity index (χ4n) is 3.93. The van der Waals surface area contributed by atoms with Crippen LogP contribution in [0.5, 0.6) is 0 Å². The third kappa shape index (κ3) is 5.86. The van der Waals surface area contributed by atoms with E-state index in [4.69, 9.17) is 0 Å². The van der Waals surface area contributed by atoms with Gasteiger partial charge >= 0.3 is 0 Å². The number of hydrogen-bond acceptors (Lipinski definition) is 3. The molecule has 0 aliphatic carbocycles. The first-order chi connectivity index (χ1) is 13.5. The minimum atomic E-state index is -0.185. The maximum Gasteiger partial charge on any atom is 0.220 e. The predicted octanol–water partition coefficient (Wildman–Crippen LogP) is 4.34. The fraction of sp³-hybridized carbons (Fsp3) is 0.478. The number of piperidine rings is 1. The van der Waals surface area contributed by atoms with Gasteiger partial charge in [0.15, 0.2) is 0 Å². The highest BCUT2D eigenvalue weighted by Gasteiger charge is 2.29. The number of hydrogen-bond donors (Lipinski definition) is 1. The van der Waals surface area contributed by atoms with Crippen molar-refractivity contribution in [1.82, 2.24) is 15.2 Å². The standard InChI is InChI=1S/C23H30FN3O/c1-17(2)14-22(28)26-23(21-8-3-4-11-25-21)19-9-12-27(13-10-19)16-18-6-5-7-20(24)15-18/h3-8,11,15,17,19,23H,9-10,12-14,16H2,1-2H3,(H,26,28)/t23-/m1/s1. The molecule has 1 aliphatic heterocycles. The minimum absolute atomic E-state index is 0.0521. The Morgan fingerprint density at radius 2 is 2.00 bits per heavy atom. The molecule has 1 aliphatic rings. The quantitative estimate of drug-likeness (QED) is 0.774. The molecular formula is C23H30FN3O. The minimum Gasteiger partial charge on any atom is -0.347 e. The zero-order valence-electron chi connectivity index (χ0n) is 16.8. The Hall–Kier alpha value is -2.27. The van der Waals surface area contributed by atoms with E-state index in [1.807, 2.05) is 24.3 Å². The molecule has 4 nitrogen and oxygen atoms in total. The predicted molar refractivity (Wildman–Crippen MR) is 109 cm³/mol. The molecule has 2 heterocycles. The molecule has 28 heavy (non-hydrogen) atoms. The summed E-state index contributed by atoms with van der Waals surface area (Å²) in [5.41, 5.74) is 1.94. The van der Waals surface area contributed by atoms with Crippen molar-refractivity contribution in [3.63, 3.8) is 0 Å². The number of nitrogens with one attached hydrogen (secondary N) is 1. The van der Waals surface area contributed by atoms with E-state index >= 15 is 0 Å². The maximum atomic E-state index is 13.4.